The summed E-state index contributed by atoms with van der Waals surface area (Å²) in [4.78, 5) is 11.1. The third-order valence-corrected chi connectivity index (χ3v) is 4.97. The Kier molecular flexibility index (Phi) is 8.40. The van der Waals surface area contributed by atoms with E-state index in [1.807, 2.05) is 26.0 Å². The lowest BCUT2D eigenvalue weighted by atomic mass is 10.1. The monoisotopic (exact) mass is 499 g/mol. The molecule has 1 atom stereocenters. The molecule has 7 nitrogen and oxygen atoms in total. The maximum atomic E-state index is 5.60. The van der Waals surface area contributed by atoms with Crippen molar-refractivity contribution in [1.29, 1.82) is 0 Å². The molecule has 0 bridgehead atoms. The van der Waals surface area contributed by atoms with Crippen LogP contribution in [0.5, 0.6) is 5.75 Å². The number of ether oxygens (including phenoxy) is 1. The number of anilines is 1. The van der Waals surface area contributed by atoms with Crippen LogP contribution in [0.25, 0.3) is 0 Å². The van der Waals surface area contributed by atoms with Gasteiger partial charge in [0.25, 0.3) is 0 Å². The quantitative estimate of drug-likeness (QED) is 0.362. The third kappa shape index (κ3) is 5.52. The van der Waals surface area contributed by atoms with Gasteiger partial charge in [0, 0.05) is 26.7 Å². The molecule has 1 aliphatic heterocycles. The predicted molar refractivity (Wildman–Crippen MR) is 123 cm³/mol. The van der Waals surface area contributed by atoms with Crippen molar-refractivity contribution in [3.8, 4) is 5.75 Å². The summed E-state index contributed by atoms with van der Waals surface area (Å²) < 4.78 is 11.1. The first-order chi connectivity index (χ1) is 13.1. The van der Waals surface area contributed by atoms with Crippen LogP contribution in [0.3, 0.4) is 0 Å². The molecule has 1 unspecified atom stereocenters. The molecule has 0 spiro atoms. The number of guanidine groups is 1. The molecule has 2 N–H and O–H groups in total. The van der Waals surface area contributed by atoms with E-state index < -0.39 is 0 Å². The molecule has 0 aliphatic carbocycles. The second-order valence-electron chi connectivity index (χ2n) is 6.83. The summed E-state index contributed by atoms with van der Waals surface area (Å²) in [5, 5.41) is 6.68. The van der Waals surface area contributed by atoms with E-state index >= 15 is 0 Å². The van der Waals surface area contributed by atoms with E-state index in [9.17, 15) is 0 Å². The van der Waals surface area contributed by atoms with E-state index in [-0.39, 0.29) is 24.0 Å². The van der Waals surface area contributed by atoms with Gasteiger partial charge >= 0.3 is 0 Å². The highest BCUT2D eigenvalue weighted by Gasteiger charge is 2.24. The van der Waals surface area contributed by atoms with Crippen LogP contribution in [0.1, 0.15) is 23.8 Å². The first kappa shape index (κ1) is 22.3. The number of hydrogen-bond acceptors (Lipinski definition) is 5. The summed E-state index contributed by atoms with van der Waals surface area (Å²) in [5.74, 6) is 3.78. The lowest BCUT2D eigenvalue weighted by Crippen LogP contribution is -2.40. The largest absolute Gasteiger partial charge is 0.495 e. The maximum absolute atomic E-state index is 5.60. The van der Waals surface area contributed by atoms with Gasteiger partial charge in [0.1, 0.15) is 11.5 Å². The average Bonchev–Trinajstić information content (AvgIpc) is 3.28. The topological polar surface area (TPSA) is 74.9 Å². The number of para-hydroxylation sites is 2. The van der Waals surface area contributed by atoms with Crippen LogP contribution in [0.15, 0.2) is 33.7 Å². The summed E-state index contributed by atoms with van der Waals surface area (Å²) in [6, 6.07) is 8.19. The van der Waals surface area contributed by atoms with E-state index in [0.717, 1.165) is 49.2 Å². The van der Waals surface area contributed by atoms with Gasteiger partial charge in [-0.15, -0.1) is 24.0 Å². The third-order valence-electron chi connectivity index (χ3n) is 4.97. The minimum atomic E-state index is 0. The molecule has 1 saturated heterocycles. The molecule has 8 heteroatoms. The Labute approximate surface area is 184 Å². The van der Waals surface area contributed by atoms with Crippen molar-refractivity contribution in [3.05, 3.63) is 41.6 Å². The Morgan fingerprint density at radius 3 is 2.79 bits per heavy atom. The second kappa shape index (κ2) is 10.5. The van der Waals surface area contributed by atoms with Crippen molar-refractivity contribution in [2.24, 2.45) is 10.9 Å². The van der Waals surface area contributed by atoms with Crippen molar-refractivity contribution in [1.82, 2.24) is 15.6 Å². The zero-order valence-corrected chi connectivity index (χ0v) is 19.3. The molecule has 1 aromatic carbocycles. The highest BCUT2D eigenvalue weighted by atomic mass is 127. The van der Waals surface area contributed by atoms with Crippen LogP contribution < -0.4 is 20.3 Å². The SMILES string of the molecule is CN=C(NCc1nc(C)c(C)o1)NCC1CCN(c2ccccc2OC)C1.I. The summed E-state index contributed by atoms with van der Waals surface area (Å²) in [7, 11) is 3.50. The van der Waals surface area contributed by atoms with Crippen molar-refractivity contribution in [2.45, 2.75) is 26.8 Å². The van der Waals surface area contributed by atoms with Gasteiger partial charge in [-0.05, 0) is 38.3 Å². The summed E-state index contributed by atoms with van der Waals surface area (Å²) in [5.41, 5.74) is 2.09. The molecule has 3 rings (SSSR count). The number of aryl methyl sites for hydroxylation is 2. The standard InChI is InChI=1S/C20H29N5O2.HI/c1-14-15(2)27-19(24-14)12-23-20(21-3)22-11-16-9-10-25(13-16)17-7-5-6-8-18(17)26-4;/h5-8,16H,9-13H2,1-4H3,(H2,21,22,23);1H. The summed E-state index contributed by atoms with van der Waals surface area (Å²) in [6.07, 6.45) is 1.14. The number of halogens is 1. The average molecular weight is 499 g/mol. The first-order valence-electron chi connectivity index (χ1n) is 9.36. The van der Waals surface area contributed by atoms with Gasteiger partial charge < -0.3 is 24.7 Å². The smallest absolute Gasteiger partial charge is 0.214 e. The highest BCUT2D eigenvalue weighted by molar-refractivity contribution is 14.0. The molecule has 0 saturated carbocycles. The molecule has 154 valence electrons. The van der Waals surface area contributed by atoms with Crippen LogP contribution in [-0.2, 0) is 6.54 Å². The number of rotatable bonds is 6. The minimum Gasteiger partial charge on any atom is -0.495 e. The van der Waals surface area contributed by atoms with E-state index in [4.69, 9.17) is 9.15 Å². The normalized spacial score (nSPS) is 16.6. The van der Waals surface area contributed by atoms with Crippen molar-refractivity contribution < 1.29 is 9.15 Å². The van der Waals surface area contributed by atoms with Gasteiger partial charge in [-0.1, -0.05) is 12.1 Å². The van der Waals surface area contributed by atoms with Crippen molar-refractivity contribution in [3.63, 3.8) is 0 Å². The molecule has 28 heavy (non-hydrogen) atoms. The van der Waals surface area contributed by atoms with Gasteiger partial charge in [-0.3, -0.25) is 4.99 Å². The zero-order chi connectivity index (χ0) is 19.2. The number of benzene rings is 1. The Hall–Kier alpha value is -1.97. The van der Waals surface area contributed by atoms with Crippen LogP contribution in [0.2, 0.25) is 0 Å². The predicted octanol–water partition coefficient (Wildman–Crippen LogP) is 3.11. The molecular formula is C20H30IN5O2. The van der Waals surface area contributed by atoms with Gasteiger partial charge in [0.15, 0.2) is 5.96 Å². The summed E-state index contributed by atoms with van der Waals surface area (Å²) in [6.45, 7) is 7.30. The molecular weight excluding hydrogens is 469 g/mol. The summed E-state index contributed by atoms with van der Waals surface area (Å²) >= 11 is 0. The van der Waals surface area contributed by atoms with E-state index in [2.05, 4.69) is 37.6 Å². The lowest BCUT2D eigenvalue weighted by Gasteiger charge is -2.21. The molecule has 0 radical (unpaired) electrons. The van der Waals surface area contributed by atoms with Gasteiger partial charge in [0.2, 0.25) is 5.89 Å². The van der Waals surface area contributed by atoms with Crippen LogP contribution in [0.4, 0.5) is 5.69 Å². The van der Waals surface area contributed by atoms with Gasteiger partial charge in [-0.2, -0.15) is 0 Å². The Balaban J connectivity index is 0.00000280. The number of aliphatic imine (C=N–C) groups is 1. The molecule has 1 fully saturated rings. The highest BCUT2D eigenvalue weighted by Crippen LogP contribution is 2.31. The van der Waals surface area contributed by atoms with E-state index in [1.54, 1.807) is 14.2 Å². The van der Waals surface area contributed by atoms with E-state index in [1.165, 1.54) is 5.69 Å². The number of nitrogens with one attached hydrogen (secondary N) is 2. The fourth-order valence-electron chi connectivity index (χ4n) is 3.34. The first-order valence-corrected chi connectivity index (χ1v) is 9.36. The zero-order valence-electron chi connectivity index (χ0n) is 17.0. The van der Waals surface area contributed by atoms with Gasteiger partial charge in [-0.25, -0.2) is 4.98 Å². The van der Waals surface area contributed by atoms with Gasteiger partial charge in [0.05, 0.1) is 25.0 Å². The minimum absolute atomic E-state index is 0. The fourth-order valence-corrected chi connectivity index (χ4v) is 3.34. The molecule has 2 aromatic rings. The number of aromatic nitrogens is 1. The van der Waals surface area contributed by atoms with E-state index in [0.29, 0.717) is 18.4 Å². The molecule has 2 heterocycles. The second-order valence-corrected chi connectivity index (χ2v) is 6.83. The molecule has 0 amide bonds. The number of methoxy groups -OCH3 is 1. The Morgan fingerprint density at radius 1 is 1.32 bits per heavy atom. The van der Waals surface area contributed by atoms with Crippen LogP contribution >= 0.6 is 24.0 Å². The Bertz CT molecular complexity index is 773. The number of hydrogen-bond donors (Lipinski definition) is 2. The van der Waals surface area contributed by atoms with Crippen molar-refractivity contribution >= 4 is 35.6 Å². The number of nitrogens with zero attached hydrogens (tertiary/aromatic N) is 3. The molecule has 1 aromatic heterocycles. The van der Waals surface area contributed by atoms with Crippen molar-refractivity contribution in [2.75, 3.05) is 38.7 Å². The maximum Gasteiger partial charge on any atom is 0.214 e. The Morgan fingerprint density at radius 2 is 2.11 bits per heavy atom. The van der Waals surface area contributed by atoms with Crippen LogP contribution in [-0.4, -0.2) is 44.7 Å². The number of oxazole rings is 1. The lowest BCUT2D eigenvalue weighted by molar-refractivity contribution is 0.414. The molecule has 1 aliphatic rings. The fraction of sp³-hybridized carbons (Fsp3) is 0.500. The van der Waals surface area contributed by atoms with Crippen LogP contribution in [0, 0.1) is 19.8 Å².